The minimum absolute atomic E-state index is 0.269. The summed E-state index contributed by atoms with van der Waals surface area (Å²) < 4.78 is 83.8. The van der Waals surface area contributed by atoms with Gasteiger partial charge in [0, 0.05) is 17.7 Å². The van der Waals surface area contributed by atoms with Crippen molar-refractivity contribution in [3.8, 4) is 0 Å². The maximum Gasteiger partial charge on any atom is 0.261 e. The molecule has 1 rings (SSSR count). The first-order valence-corrected chi connectivity index (χ1v) is 8.70. The van der Waals surface area contributed by atoms with Gasteiger partial charge in [-0.2, -0.15) is 4.31 Å². The lowest BCUT2D eigenvalue weighted by Gasteiger charge is -2.17. The zero-order chi connectivity index (χ0) is 15.7. The van der Waals surface area contributed by atoms with Crippen LogP contribution in [0.2, 0.25) is 0 Å². The Morgan fingerprint density at radius 3 is 2.20 bits per heavy atom. The Bertz CT molecular complexity index is 706. The number of halogens is 4. The van der Waals surface area contributed by atoms with Crippen molar-refractivity contribution in [3.05, 3.63) is 24.0 Å². The largest absolute Gasteiger partial charge is 0.261 e. The van der Waals surface area contributed by atoms with Gasteiger partial charge in [-0.05, 0) is 18.2 Å². The molecule has 5 nitrogen and oxygen atoms in total. The molecule has 0 N–H and O–H groups in total. The van der Waals surface area contributed by atoms with Crippen molar-refractivity contribution in [2.24, 2.45) is 0 Å². The Morgan fingerprint density at radius 2 is 1.80 bits per heavy atom. The molecular formula is C9H9ClF3NO4S2. The molecule has 0 fully saturated rings. The van der Waals surface area contributed by atoms with Crippen LogP contribution in [0, 0.1) is 5.82 Å². The monoisotopic (exact) mass is 351 g/mol. The van der Waals surface area contributed by atoms with Crippen molar-refractivity contribution >= 4 is 29.8 Å². The number of benzene rings is 1. The summed E-state index contributed by atoms with van der Waals surface area (Å²) in [6.45, 7) is -1.11. The predicted octanol–water partition coefficient (Wildman–Crippen LogP) is 1.64. The molecule has 0 atom stereocenters. The second kappa shape index (κ2) is 5.88. The summed E-state index contributed by atoms with van der Waals surface area (Å²) in [7, 11) is -2.88. The van der Waals surface area contributed by atoms with E-state index in [0.29, 0.717) is 12.1 Å². The van der Waals surface area contributed by atoms with Crippen molar-refractivity contribution in [2.75, 3.05) is 13.6 Å². The first kappa shape index (κ1) is 17.2. The lowest BCUT2D eigenvalue weighted by molar-refractivity contribution is 0.126. The highest BCUT2D eigenvalue weighted by molar-refractivity contribution is 8.13. The molecule has 114 valence electrons. The molecule has 11 heteroatoms. The van der Waals surface area contributed by atoms with Crippen LogP contribution in [0.5, 0.6) is 0 Å². The van der Waals surface area contributed by atoms with Gasteiger partial charge in [-0.3, -0.25) is 0 Å². The van der Waals surface area contributed by atoms with Crippen molar-refractivity contribution in [1.82, 2.24) is 4.31 Å². The second-order valence-corrected chi connectivity index (χ2v) is 8.29. The third kappa shape index (κ3) is 3.84. The Hall–Kier alpha value is -0.840. The van der Waals surface area contributed by atoms with Gasteiger partial charge in [-0.25, -0.2) is 30.0 Å². The van der Waals surface area contributed by atoms with Gasteiger partial charge in [0.15, 0.2) is 0 Å². The third-order valence-corrected chi connectivity index (χ3v) is 5.48. The quantitative estimate of drug-likeness (QED) is 0.756. The van der Waals surface area contributed by atoms with Crippen molar-refractivity contribution in [2.45, 2.75) is 16.2 Å². The Balaban J connectivity index is 3.28. The average Bonchev–Trinajstić information content (AvgIpc) is 2.26. The van der Waals surface area contributed by atoms with Crippen molar-refractivity contribution in [1.29, 1.82) is 0 Å². The van der Waals surface area contributed by atoms with Crippen LogP contribution < -0.4 is 0 Å². The topological polar surface area (TPSA) is 71.5 Å². The average molecular weight is 352 g/mol. The number of nitrogens with zero attached hydrogens (tertiary/aromatic N) is 1. The lowest BCUT2D eigenvalue weighted by Crippen LogP contribution is -2.32. The normalized spacial score (nSPS) is 13.2. The van der Waals surface area contributed by atoms with Crippen LogP contribution in [-0.4, -0.2) is 41.2 Å². The Morgan fingerprint density at radius 1 is 1.25 bits per heavy atom. The molecule has 1 aromatic rings. The van der Waals surface area contributed by atoms with Crippen molar-refractivity contribution in [3.63, 3.8) is 0 Å². The van der Waals surface area contributed by atoms with Gasteiger partial charge in [-0.1, -0.05) is 0 Å². The van der Waals surface area contributed by atoms with E-state index in [1.165, 1.54) is 0 Å². The van der Waals surface area contributed by atoms with Crippen LogP contribution in [0.15, 0.2) is 28.0 Å². The van der Waals surface area contributed by atoms with Gasteiger partial charge in [0.2, 0.25) is 10.0 Å². The van der Waals surface area contributed by atoms with E-state index in [1.54, 1.807) is 0 Å². The van der Waals surface area contributed by atoms with E-state index >= 15 is 0 Å². The molecule has 1 aromatic carbocycles. The fraction of sp³-hybridized carbons (Fsp3) is 0.333. The van der Waals surface area contributed by atoms with Crippen LogP contribution in [-0.2, 0) is 19.1 Å². The highest BCUT2D eigenvalue weighted by atomic mass is 35.7. The molecule has 20 heavy (non-hydrogen) atoms. The summed E-state index contributed by atoms with van der Waals surface area (Å²) in [4.78, 5) is -1.54. The number of hydrogen-bond donors (Lipinski definition) is 0. The summed E-state index contributed by atoms with van der Waals surface area (Å²) >= 11 is 0. The van der Waals surface area contributed by atoms with Crippen molar-refractivity contribution < 1.29 is 30.0 Å². The molecule has 0 spiro atoms. The fourth-order valence-electron chi connectivity index (χ4n) is 1.30. The summed E-state index contributed by atoms with van der Waals surface area (Å²) in [5.41, 5.74) is 0. The molecule has 0 aliphatic heterocycles. The Kier molecular flexibility index (Phi) is 5.06. The smallest absolute Gasteiger partial charge is 0.209 e. The van der Waals surface area contributed by atoms with Crippen LogP contribution in [0.4, 0.5) is 13.2 Å². The molecule has 0 radical (unpaired) electrons. The van der Waals surface area contributed by atoms with Crippen LogP contribution >= 0.6 is 10.7 Å². The van der Waals surface area contributed by atoms with Crippen LogP contribution in [0.25, 0.3) is 0 Å². The van der Waals surface area contributed by atoms with Gasteiger partial charge >= 0.3 is 0 Å². The predicted molar refractivity (Wildman–Crippen MR) is 65.3 cm³/mol. The first-order valence-electron chi connectivity index (χ1n) is 4.95. The summed E-state index contributed by atoms with van der Waals surface area (Å²) in [5.74, 6) is -1.40. The maximum absolute atomic E-state index is 13.7. The van der Waals surface area contributed by atoms with Gasteiger partial charge in [-0.15, -0.1) is 0 Å². The molecule has 0 unspecified atom stereocenters. The zero-order valence-corrected chi connectivity index (χ0v) is 12.3. The van der Waals surface area contributed by atoms with Crippen LogP contribution in [0.1, 0.15) is 0 Å². The molecule has 0 aromatic heterocycles. The summed E-state index contributed by atoms with van der Waals surface area (Å²) in [6.07, 6.45) is -2.93. The molecule has 0 heterocycles. The molecule has 0 amide bonds. The van der Waals surface area contributed by atoms with E-state index in [1.807, 2.05) is 0 Å². The van der Waals surface area contributed by atoms with Gasteiger partial charge in [0.25, 0.3) is 15.5 Å². The third-order valence-electron chi connectivity index (χ3n) is 2.27. The summed E-state index contributed by atoms with van der Waals surface area (Å²) in [6, 6.07) is 1.84. The number of rotatable bonds is 5. The number of alkyl halides is 2. The molecule has 0 aliphatic carbocycles. The first-order chi connectivity index (χ1) is 8.96. The minimum atomic E-state index is -4.49. The Labute approximate surface area is 118 Å². The van der Waals surface area contributed by atoms with E-state index in [-0.39, 0.29) is 4.31 Å². The number of hydrogen-bond acceptors (Lipinski definition) is 4. The van der Waals surface area contributed by atoms with Crippen LogP contribution in [0.3, 0.4) is 0 Å². The molecule has 0 saturated carbocycles. The minimum Gasteiger partial charge on any atom is -0.209 e. The molecule has 0 bridgehead atoms. The number of sulfonamides is 1. The zero-order valence-electron chi connectivity index (χ0n) is 9.93. The van der Waals surface area contributed by atoms with E-state index in [0.717, 1.165) is 13.1 Å². The SMILES string of the molecule is CN(CC(F)F)S(=O)(=O)c1ccc(S(=O)(=O)Cl)cc1F. The standard InChI is InChI=1S/C9H9ClF3NO4S2/c1-14(5-9(12)13)20(17,18)8-3-2-6(4-7(8)11)19(10,15)16/h2-4,9H,5H2,1H3. The maximum atomic E-state index is 13.7. The van der Waals surface area contributed by atoms with Gasteiger partial charge in [0.05, 0.1) is 11.4 Å². The van der Waals surface area contributed by atoms with Gasteiger partial charge < -0.3 is 0 Å². The molecular weight excluding hydrogens is 343 g/mol. The summed E-state index contributed by atoms with van der Waals surface area (Å²) in [5, 5.41) is 0. The highest BCUT2D eigenvalue weighted by Crippen LogP contribution is 2.23. The van der Waals surface area contributed by atoms with E-state index in [4.69, 9.17) is 10.7 Å². The van der Waals surface area contributed by atoms with Gasteiger partial charge in [0.1, 0.15) is 10.7 Å². The molecule has 0 saturated heterocycles. The highest BCUT2D eigenvalue weighted by Gasteiger charge is 2.27. The fourth-order valence-corrected chi connectivity index (χ4v) is 3.26. The second-order valence-electron chi connectivity index (χ2n) is 3.71. The van der Waals surface area contributed by atoms with E-state index < -0.39 is 47.7 Å². The van der Waals surface area contributed by atoms with E-state index in [2.05, 4.69) is 0 Å². The van der Waals surface area contributed by atoms with E-state index in [9.17, 15) is 30.0 Å². The lowest BCUT2D eigenvalue weighted by atomic mass is 10.3. The molecule has 0 aliphatic rings.